The summed E-state index contributed by atoms with van der Waals surface area (Å²) in [6.45, 7) is 0. The van der Waals surface area contributed by atoms with Crippen molar-refractivity contribution in [2.75, 3.05) is 14.2 Å². The fraction of sp³-hybridized carbons (Fsp3) is 0.500. The lowest BCUT2D eigenvalue weighted by Gasteiger charge is -2.36. The van der Waals surface area contributed by atoms with Crippen molar-refractivity contribution in [3.05, 3.63) is 29.8 Å². The number of nitrogens with two attached hydrogens (primary N) is 1. The Morgan fingerprint density at radius 3 is 2.50 bits per heavy atom. The Morgan fingerprint density at radius 1 is 1.28 bits per heavy atom. The minimum absolute atomic E-state index is 0.0265. The van der Waals surface area contributed by atoms with E-state index in [0.717, 1.165) is 24.2 Å². The van der Waals surface area contributed by atoms with E-state index in [9.17, 15) is 4.79 Å². The molecule has 0 amide bonds. The van der Waals surface area contributed by atoms with Gasteiger partial charge in [0.25, 0.3) is 0 Å². The van der Waals surface area contributed by atoms with E-state index in [1.807, 2.05) is 24.3 Å². The van der Waals surface area contributed by atoms with E-state index in [1.165, 1.54) is 0 Å². The van der Waals surface area contributed by atoms with E-state index in [1.54, 1.807) is 14.2 Å². The van der Waals surface area contributed by atoms with Crippen LogP contribution in [0.4, 0.5) is 0 Å². The first-order valence-electron chi connectivity index (χ1n) is 6.12. The van der Waals surface area contributed by atoms with Crippen molar-refractivity contribution < 1.29 is 14.3 Å². The van der Waals surface area contributed by atoms with Crippen LogP contribution in [0.2, 0.25) is 0 Å². The summed E-state index contributed by atoms with van der Waals surface area (Å²) in [6, 6.07) is 7.37. The van der Waals surface area contributed by atoms with E-state index >= 15 is 0 Å². The summed E-state index contributed by atoms with van der Waals surface area (Å²) >= 11 is 0. The average molecular weight is 249 g/mol. The molecule has 0 heterocycles. The molecule has 1 aliphatic carbocycles. The molecule has 2 atom stereocenters. The number of carbonyl (C=O) groups is 1. The van der Waals surface area contributed by atoms with Gasteiger partial charge < -0.3 is 15.2 Å². The Morgan fingerprint density at radius 2 is 1.94 bits per heavy atom. The molecule has 1 aromatic carbocycles. The molecule has 0 spiro atoms. The standard InChI is InChI=1S/C14H19NO3/c1-17-11-7-5-10(6-8-11)14(15)9-3-4-12(18-2)13(14)16/h5-8,12H,3-4,9,15H2,1-2H3/t12-,14-/m0/s1. The van der Waals surface area contributed by atoms with Gasteiger partial charge in [-0.25, -0.2) is 0 Å². The van der Waals surface area contributed by atoms with Gasteiger partial charge in [-0.3, -0.25) is 4.79 Å². The van der Waals surface area contributed by atoms with Crippen molar-refractivity contribution in [3.63, 3.8) is 0 Å². The molecule has 2 rings (SSSR count). The van der Waals surface area contributed by atoms with Gasteiger partial charge in [-0.15, -0.1) is 0 Å². The molecule has 1 fully saturated rings. The third-order valence-electron chi connectivity index (χ3n) is 3.66. The number of benzene rings is 1. The third kappa shape index (κ3) is 2.13. The molecular weight excluding hydrogens is 230 g/mol. The Hall–Kier alpha value is -1.39. The summed E-state index contributed by atoms with van der Waals surface area (Å²) in [7, 11) is 3.17. The Labute approximate surface area is 107 Å². The Kier molecular flexibility index (Phi) is 3.68. The zero-order valence-corrected chi connectivity index (χ0v) is 10.8. The molecule has 0 radical (unpaired) electrons. The van der Waals surface area contributed by atoms with Crippen LogP contribution in [0.1, 0.15) is 24.8 Å². The van der Waals surface area contributed by atoms with E-state index in [4.69, 9.17) is 15.2 Å². The van der Waals surface area contributed by atoms with Crippen LogP contribution in [0, 0.1) is 0 Å². The van der Waals surface area contributed by atoms with Gasteiger partial charge in [0.05, 0.1) is 7.11 Å². The van der Waals surface area contributed by atoms with Crippen LogP contribution in [-0.2, 0) is 15.1 Å². The molecule has 98 valence electrons. The fourth-order valence-corrected chi connectivity index (χ4v) is 2.51. The van der Waals surface area contributed by atoms with Gasteiger partial charge in [0.1, 0.15) is 17.4 Å². The van der Waals surface area contributed by atoms with E-state index in [0.29, 0.717) is 6.42 Å². The third-order valence-corrected chi connectivity index (χ3v) is 3.66. The highest BCUT2D eigenvalue weighted by atomic mass is 16.5. The number of ether oxygens (including phenoxy) is 2. The molecule has 4 nitrogen and oxygen atoms in total. The van der Waals surface area contributed by atoms with Crippen molar-refractivity contribution in [2.24, 2.45) is 5.73 Å². The number of methoxy groups -OCH3 is 2. The number of ketones is 1. The molecule has 0 aliphatic heterocycles. The number of carbonyl (C=O) groups excluding carboxylic acids is 1. The average Bonchev–Trinajstić information content (AvgIpc) is 2.42. The zero-order chi connectivity index (χ0) is 13.2. The number of Topliss-reactive ketones (excluding diaryl/α,β-unsaturated/α-hetero) is 1. The minimum atomic E-state index is -0.925. The minimum Gasteiger partial charge on any atom is -0.497 e. The number of hydrogen-bond donors (Lipinski definition) is 1. The van der Waals surface area contributed by atoms with Gasteiger partial charge in [-0.2, -0.15) is 0 Å². The van der Waals surface area contributed by atoms with Crippen molar-refractivity contribution in [2.45, 2.75) is 30.9 Å². The summed E-state index contributed by atoms with van der Waals surface area (Å²) in [5.41, 5.74) is 6.21. The van der Waals surface area contributed by atoms with Crippen molar-refractivity contribution in [3.8, 4) is 5.75 Å². The first-order chi connectivity index (χ1) is 8.61. The fourth-order valence-electron chi connectivity index (χ4n) is 2.51. The number of hydrogen-bond acceptors (Lipinski definition) is 4. The van der Waals surface area contributed by atoms with Gasteiger partial charge >= 0.3 is 0 Å². The molecule has 4 heteroatoms. The molecule has 1 aliphatic rings. The number of rotatable bonds is 3. The highest BCUT2D eigenvalue weighted by Crippen LogP contribution is 2.33. The van der Waals surface area contributed by atoms with E-state index in [-0.39, 0.29) is 11.9 Å². The van der Waals surface area contributed by atoms with Crippen LogP contribution >= 0.6 is 0 Å². The Bertz CT molecular complexity index is 429. The van der Waals surface area contributed by atoms with Crippen LogP contribution < -0.4 is 10.5 Å². The van der Waals surface area contributed by atoms with Crippen molar-refractivity contribution in [1.29, 1.82) is 0 Å². The lowest BCUT2D eigenvalue weighted by molar-refractivity contribution is -0.138. The summed E-state index contributed by atoms with van der Waals surface area (Å²) in [5.74, 6) is 0.732. The monoisotopic (exact) mass is 249 g/mol. The van der Waals surface area contributed by atoms with Crippen molar-refractivity contribution >= 4 is 5.78 Å². The largest absolute Gasteiger partial charge is 0.497 e. The highest BCUT2D eigenvalue weighted by molar-refractivity contribution is 5.93. The smallest absolute Gasteiger partial charge is 0.185 e. The van der Waals surface area contributed by atoms with Crippen LogP contribution in [-0.4, -0.2) is 26.1 Å². The second kappa shape index (κ2) is 5.08. The summed E-state index contributed by atoms with van der Waals surface area (Å²) in [6.07, 6.45) is 1.93. The quantitative estimate of drug-likeness (QED) is 0.884. The van der Waals surface area contributed by atoms with Gasteiger partial charge in [0, 0.05) is 7.11 Å². The molecule has 0 aromatic heterocycles. The lowest BCUT2D eigenvalue weighted by atomic mass is 9.75. The van der Waals surface area contributed by atoms with Gasteiger partial charge in [0.15, 0.2) is 5.78 Å². The van der Waals surface area contributed by atoms with E-state index < -0.39 is 5.54 Å². The summed E-state index contributed by atoms with van der Waals surface area (Å²) < 4.78 is 10.3. The SMILES string of the molecule is COc1ccc([C@@]2(N)CCC[C@H](OC)C2=O)cc1. The van der Waals surface area contributed by atoms with Crippen LogP contribution in [0.15, 0.2) is 24.3 Å². The predicted octanol–water partition coefficient (Wildman–Crippen LogP) is 1.62. The zero-order valence-electron chi connectivity index (χ0n) is 10.8. The van der Waals surface area contributed by atoms with Crippen LogP contribution in [0.25, 0.3) is 0 Å². The molecule has 18 heavy (non-hydrogen) atoms. The van der Waals surface area contributed by atoms with Crippen LogP contribution in [0.3, 0.4) is 0 Å². The second-order valence-electron chi connectivity index (χ2n) is 4.68. The lowest BCUT2D eigenvalue weighted by Crippen LogP contribution is -2.53. The Balaban J connectivity index is 2.30. The molecule has 0 bridgehead atoms. The topological polar surface area (TPSA) is 61.6 Å². The summed E-state index contributed by atoms with van der Waals surface area (Å²) in [5, 5.41) is 0. The molecule has 0 saturated heterocycles. The van der Waals surface area contributed by atoms with Gasteiger partial charge in [-0.1, -0.05) is 12.1 Å². The maximum Gasteiger partial charge on any atom is 0.185 e. The first-order valence-corrected chi connectivity index (χ1v) is 6.12. The molecular formula is C14H19NO3. The maximum atomic E-state index is 12.4. The molecule has 0 unspecified atom stereocenters. The maximum absolute atomic E-state index is 12.4. The van der Waals surface area contributed by atoms with Crippen LogP contribution in [0.5, 0.6) is 5.75 Å². The van der Waals surface area contributed by atoms with Gasteiger partial charge in [0.2, 0.25) is 0 Å². The second-order valence-corrected chi connectivity index (χ2v) is 4.68. The van der Waals surface area contributed by atoms with E-state index in [2.05, 4.69) is 0 Å². The summed E-state index contributed by atoms with van der Waals surface area (Å²) in [4.78, 5) is 12.4. The van der Waals surface area contributed by atoms with Crippen molar-refractivity contribution in [1.82, 2.24) is 0 Å². The first kappa shape index (κ1) is 13.1. The predicted molar refractivity (Wildman–Crippen MR) is 68.5 cm³/mol. The molecule has 1 aromatic rings. The van der Waals surface area contributed by atoms with Gasteiger partial charge in [-0.05, 0) is 37.0 Å². The highest BCUT2D eigenvalue weighted by Gasteiger charge is 2.43. The normalized spacial score (nSPS) is 28.2. The molecule has 1 saturated carbocycles. The molecule has 2 N–H and O–H groups in total.